The van der Waals surface area contributed by atoms with Crippen LogP contribution < -0.4 is 15.8 Å². The molecule has 11 heteroatoms. The van der Waals surface area contributed by atoms with Crippen molar-refractivity contribution in [1.29, 1.82) is 0 Å². The summed E-state index contributed by atoms with van der Waals surface area (Å²) in [7, 11) is -4.28. The van der Waals surface area contributed by atoms with Gasteiger partial charge in [0, 0.05) is 5.69 Å². The summed E-state index contributed by atoms with van der Waals surface area (Å²) in [6, 6.07) is 4.05. The topological polar surface area (TPSA) is 101 Å². The highest BCUT2D eigenvalue weighted by Gasteiger charge is 2.30. The monoisotopic (exact) mass is 403 g/mol. The fourth-order valence-corrected chi connectivity index (χ4v) is 2.73. The number of alkyl halides is 3. The summed E-state index contributed by atoms with van der Waals surface area (Å²) in [4.78, 5) is 11.6. The van der Waals surface area contributed by atoms with Gasteiger partial charge in [-0.1, -0.05) is 20.3 Å². The van der Waals surface area contributed by atoms with Crippen LogP contribution in [0.25, 0.3) is 0 Å². The molecule has 0 heterocycles. The van der Waals surface area contributed by atoms with Gasteiger partial charge in [0.05, 0.1) is 10.9 Å². The molecule has 0 bridgehead atoms. The number of carbonyl (C=O) groups is 1. The Morgan fingerprint density at radius 3 is 2.20 bits per heavy atom. The van der Waals surface area contributed by atoms with Gasteiger partial charge < -0.3 is 11.1 Å². The highest BCUT2D eigenvalue weighted by molar-refractivity contribution is 7.89. The fraction of sp³-hybridized carbons (Fsp3) is 0.500. The maximum atomic E-state index is 12.1. The average Bonchev–Trinajstić information content (AvgIpc) is 2.51. The number of benzene rings is 1. The van der Waals surface area contributed by atoms with Gasteiger partial charge in [-0.3, -0.25) is 4.79 Å². The zero-order chi connectivity index (χ0) is 18.5. The number of nitrogens with one attached hydrogen (secondary N) is 2. The van der Waals surface area contributed by atoms with E-state index in [0.29, 0.717) is 5.69 Å². The number of carbonyl (C=O) groups excluding carboxylic acids is 1. The molecule has 6 nitrogen and oxygen atoms in total. The molecule has 0 fully saturated rings. The number of nitrogens with two attached hydrogens (primary N) is 1. The molecule has 0 aromatic heterocycles. The first-order chi connectivity index (χ1) is 11.0. The molecule has 0 spiro atoms. The van der Waals surface area contributed by atoms with Crippen molar-refractivity contribution in [2.45, 2.75) is 37.4 Å². The molecule has 0 aliphatic heterocycles. The van der Waals surface area contributed by atoms with Gasteiger partial charge in [0.2, 0.25) is 15.9 Å². The molecule has 0 saturated heterocycles. The summed E-state index contributed by atoms with van der Waals surface area (Å²) >= 11 is 0. The SMILES string of the molecule is CCC(C)C(N)C(=O)Nc1ccc(S(=O)(=O)NCC(F)(F)F)cc1.Cl. The molecular weight excluding hydrogens is 383 g/mol. The van der Waals surface area contributed by atoms with E-state index in [1.165, 1.54) is 16.9 Å². The van der Waals surface area contributed by atoms with E-state index in [2.05, 4.69) is 5.32 Å². The fourth-order valence-electron chi connectivity index (χ4n) is 1.72. The molecule has 2 unspecified atom stereocenters. The Labute approximate surface area is 150 Å². The Hall–Kier alpha value is -1.36. The van der Waals surface area contributed by atoms with Gasteiger partial charge in [-0.15, -0.1) is 12.4 Å². The van der Waals surface area contributed by atoms with Crippen molar-refractivity contribution >= 4 is 34.0 Å². The summed E-state index contributed by atoms with van der Waals surface area (Å²) < 4.78 is 61.2. The van der Waals surface area contributed by atoms with Crippen LogP contribution in [-0.4, -0.2) is 33.1 Å². The van der Waals surface area contributed by atoms with Crippen molar-refractivity contribution in [2.75, 3.05) is 11.9 Å². The number of hydrogen-bond donors (Lipinski definition) is 3. The van der Waals surface area contributed by atoms with Crippen LogP contribution in [-0.2, 0) is 14.8 Å². The first kappa shape index (κ1) is 23.6. The third-order valence-corrected chi connectivity index (χ3v) is 4.87. The summed E-state index contributed by atoms with van der Waals surface area (Å²) in [6.45, 7) is 2.06. The first-order valence-electron chi connectivity index (χ1n) is 7.19. The van der Waals surface area contributed by atoms with Crippen LogP contribution in [0.3, 0.4) is 0 Å². The molecule has 1 aromatic rings. The molecule has 1 rings (SSSR count). The number of rotatable bonds is 7. The highest BCUT2D eigenvalue weighted by atomic mass is 35.5. The van der Waals surface area contributed by atoms with Crippen LogP contribution >= 0.6 is 12.4 Å². The predicted octanol–water partition coefficient (Wildman–Crippen LogP) is 2.26. The molecule has 0 radical (unpaired) electrons. The van der Waals surface area contributed by atoms with Gasteiger partial charge in [0.15, 0.2) is 0 Å². The van der Waals surface area contributed by atoms with Crippen molar-refractivity contribution in [1.82, 2.24) is 4.72 Å². The van der Waals surface area contributed by atoms with E-state index >= 15 is 0 Å². The van der Waals surface area contributed by atoms with Crippen LogP contribution in [0.2, 0.25) is 0 Å². The van der Waals surface area contributed by atoms with E-state index in [-0.39, 0.29) is 23.2 Å². The average molecular weight is 404 g/mol. The summed E-state index contributed by atoms with van der Waals surface area (Å²) in [5.74, 6) is -0.452. The smallest absolute Gasteiger partial charge is 0.325 e. The maximum Gasteiger partial charge on any atom is 0.402 e. The van der Waals surface area contributed by atoms with Gasteiger partial charge in [-0.25, -0.2) is 13.1 Å². The Kier molecular flexibility index (Phi) is 8.86. The molecular formula is C14H21ClF3N3O3S. The van der Waals surface area contributed by atoms with E-state index in [9.17, 15) is 26.4 Å². The number of sulfonamides is 1. The lowest BCUT2D eigenvalue weighted by Gasteiger charge is -2.17. The zero-order valence-electron chi connectivity index (χ0n) is 13.6. The number of halogens is 4. The van der Waals surface area contributed by atoms with Crippen molar-refractivity contribution in [2.24, 2.45) is 11.7 Å². The van der Waals surface area contributed by atoms with Crippen LogP contribution in [0.1, 0.15) is 20.3 Å². The number of hydrogen-bond acceptors (Lipinski definition) is 4. The van der Waals surface area contributed by atoms with Crippen LogP contribution in [0.5, 0.6) is 0 Å². The molecule has 0 aliphatic rings. The lowest BCUT2D eigenvalue weighted by atomic mass is 9.99. The summed E-state index contributed by atoms with van der Waals surface area (Å²) in [6.07, 6.45) is -3.93. The molecule has 1 amide bonds. The standard InChI is InChI=1S/C14H20F3N3O3S.ClH/c1-3-9(2)12(18)13(21)20-10-4-6-11(7-5-10)24(22,23)19-8-14(15,16)17;/h4-7,9,12,19H,3,8,18H2,1-2H3,(H,20,21);1H. The van der Waals surface area contributed by atoms with Gasteiger partial charge in [0.25, 0.3) is 0 Å². The number of amides is 1. The predicted molar refractivity (Wildman–Crippen MR) is 91.0 cm³/mol. The molecule has 25 heavy (non-hydrogen) atoms. The third kappa shape index (κ3) is 7.59. The second kappa shape index (κ2) is 9.37. The van der Waals surface area contributed by atoms with Crippen LogP contribution in [0.4, 0.5) is 18.9 Å². The van der Waals surface area contributed by atoms with E-state index < -0.39 is 34.7 Å². The minimum atomic E-state index is -4.65. The van der Waals surface area contributed by atoms with Crippen LogP contribution in [0.15, 0.2) is 29.2 Å². The quantitative estimate of drug-likeness (QED) is 0.650. The maximum absolute atomic E-state index is 12.1. The second-order valence-electron chi connectivity index (χ2n) is 5.36. The third-order valence-electron chi connectivity index (χ3n) is 3.45. The summed E-state index contributed by atoms with van der Waals surface area (Å²) in [5.41, 5.74) is 6.07. The van der Waals surface area contributed by atoms with E-state index in [4.69, 9.17) is 5.73 Å². The van der Waals surface area contributed by atoms with Crippen LogP contribution in [0, 0.1) is 5.92 Å². The Balaban J connectivity index is 0.00000576. The van der Waals surface area contributed by atoms with Gasteiger partial charge in [0.1, 0.15) is 6.54 Å². The molecule has 2 atom stereocenters. The first-order valence-corrected chi connectivity index (χ1v) is 8.67. The summed E-state index contributed by atoms with van der Waals surface area (Å²) in [5, 5.41) is 2.53. The molecule has 144 valence electrons. The van der Waals surface area contributed by atoms with Gasteiger partial charge in [-0.2, -0.15) is 13.2 Å². The Morgan fingerprint density at radius 2 is 1.76 bits per heavy atom. The molecule has 0 aliphatic carbocycles. The molecule has 4 N–H and O–H groups in total. The van der Waals surface area contributed by atoms with Gasteiger partial charge >= 0.3 is 6.18 Å². The van der Waals surface area contributed by atoms with E-state index in [0.717, 1.165) is 18.6 Å². The minimum Gasteiger partial charge on any atom is -0.325 e. The molecule has 0 saturated carbocycles. The van der Waals surface area contributed by atoms with E-state index in [1.807, 2.05) is 13.8 Å². The van der Waals surface area contributed by atoms with Crippen molar-refractivity contribution in [3.8, 4) is 0 Å². The Bertz CT molecular complexity index is 666. The minimum absolute atomic E-state index is 0. The molecule has 1 aromatic carbocycles. The zero-order valence-corrected chi connectivity index (χ0v) is 15.3. The Morgan fingerprint density at radius 1 is 1.24 bits per heavy atom. The lowest BCUT2D eigenvalue weighted by Crippen LogP contribution is -2.40. The van der Waals surface area contributed by atoms with E-state index in [1.54, 1.807) is 0 Å². The highest BCUT2D eigenvalue weighted by Crippen LogP contribution is 2.17. The lowest BCUT2D eigenvalue weighted by molar-refractivity contribution is -0.121. The van der Waals surface area contributed by atoms with Crippen molar-refractivity contribution < 1.29 is 26.4 Å². The van der Waals surface area contributed by atoms with Crippen molar-refractivity contribution in [3.05, 3.63) is 24.3 Å². The normalized spacial score (nSPS) is 14.3. The van der Waals surface area contributed by atoms with Crippen molar-refractivity contribution in [3.63, 3.8) is 0 Å². The largest absolute Gasteiger partial charge is 0.402 e. The second-order valence-corrected chi connectivity index (χ2v) is 7.13. The van der Waals surface area contributed by atoms with Gasteiger partial charge in [-0.05, 0) is 30.2 Å². The number of anilines is 1.